The number of aryl methyl sites for hydroxylation is 2. The van der Waals surface area contributed by atoms with E-state index in [1.165, 1.54) is 0 Å². The number of hydrogen-bond donors (Lipinski definition) is 1. The molecule has 1 heterocycles. The number of amides is 1. The van der Waals surface area contributed by atoms with Crippen molar-refractivity contribution >= 4 is 11.6 Å². The van der Waals surface area contributed by atoms with Gasteiger partial charge in [-0.2, -0.15) is 0 Å². The predicted molar refractivity (Wildman–Crippen MR) is 72.5 cm³/mol. The zero-order valence-corrected chi connectivity index (χ0v) is 11.1. The Bertz CT molecular complexity index is 611. The van der Waals surface area contributed by atoms with E-state index in [9.17, 15) is 4.79 Å². The Morgan fingerprint density at radius 1 is 1.26 bits per heavy atom. The molecular formula is C14H15N3O2. The molecule has 0 bridgehead atoms. The lowest BCUT2D eigenvalue weighted by molar-refractivity contribution is 0.102. The molecule has 0 saturated heterocycles. The molecule has 0 spiro atoms. The van der Waals surface area contributed by atoms with E-state index in [1.807, 2.05) is 25.1 Å². The molecule has 2 rings (SSSR count). The summed E-state index contributed by atoms with van der Waals surface area (Å²) in [5.74, 6) is 0.892. The number of nitrogens with one attached hydrogen (secondary N) is 1. The molecule has 2 aromatic rings. The summed E-state index contributed by atoms with van der Waals surface area (Å²) in [6, 6.07) is 7.16. The molecule has 5 nitrogen and oxygen atoms in total. The van der Waals surface area contributed by atoms with Crippen molar-refractivity contribution in [1.29, 1.82) is 0 Å². The summed E-state index contributed by atoms with van der Waals surface area (Å²) in [5.41, 5.74) is 2.00. The minimum absolute atomic E-state index is 0.283. The van der Waals surface area contributed by atoms with Crippen LogP contribution in [-0.4, -0.2) is 23.0 Å². The molecule has 0 saturated carbocycles. The van der Waals surface area contributed by atoms with Gasteiger partial charge in [0.25, 0.3) is 5.91 Å². The second-order valence-electron chi connectivity index (χ2n) is 4.15. The fourth-order valence-electron chi connectivity index (χ4n) is 1.69. The highest BCUT2D eigenvalue weighted by atomic mass is 16.5. The monoisotopic (exact) mass is 257 g/mol. The number of carbonyl (C=O) groups is 1. The normalized spacial score (nSPS) is 10.1. The smallest absolute Gasteiger partial charge is 0.274 e. The number of hydrogen-bond acceptors (Lipinski definition) is 4. The third-order valence-electron chi connectivity index (χ3n) is 2.61. The topological polar surface area (TPSA) is 64.1 Å². The lowest BCUT2D eigenvalue weighted by Gasteiger charge is -2.10. The lowest BCUT2D eigenvalue weighted by atomic mass is 10.2. The molecule has 0 aliphatic heterocycles. The third-order valence-corrected chi connectivity index (χ3v) is 2.61. The Kier molecular flexibility index (Phi) is 3.75. The van der Waals surface area contributed by atoms with Crippen molar-refractivity contribution in [3.05, 3.63) is 47.5 Å². The van der Waals surface area contributed by atoms with E-state index < -0.39 is 0 Å². The standard InChI is InChI=1S/C14H15N3O2/c1-9-4-5-13(19-3)12(8-9)17-14(18)11-6-7-15-10(2)16-11/h4-8H,1-3H3,(H,17,18). The largest absolute Gasteiger partial charge is 0.495 e. The van der Waals surface area contributed by atoms with Crippen LogP contribution >= 0.6 is 0 Å². The molecule has 0 atom stereocenters. The molecular weight excluding hydrogens is 242 g/mol. The number of rotatable bonds is 3. The first kappa shape index (κ1) is 13.0. The Balaban J connectivity index is 2.26. The van der Waals surface area contributed by atoms with E-state index in [1.54, 1.807) is 26.3 Å². The fourth-order valence-corrected chi connectivity index (χ4v) is 1.69. The van der Waals surface area contributed by atoms with Crippen LogP contribution in [0.15, 0.2) is 30.5 Å². The molecule has 98 valence electrons. The number of methoxy groups -OCH3 is 1. The van der Waals surface area contributed by atoms with Gasteiger partial charge in [0.05, 0.1) is 12.8 Å². The maximum atomic E-state index is 12.1. The molecule has 19 heavy (non-hydrogen) atoms. The quantitative estimate of drug-likeness (QED) is 0.916. The van der Waals surface area contributed by atoms with Crippen molar-refractivity contribution < 1.29 is 9.53 Å². The molecule has 5 heteroatoms. The van der Waals surface area contributed by atoms with Gasteiger partial charge in [-0.1, -0.05) is 6.07 Å². The van der Waals surface area contributed by atoms with E-state index in [0.717, 1.165) is 5.56 Å². The van der Waals surface area contributed by atoms with E-state index in [4.69, 9.17) is 4.74 Å². The molecule has 0 fully saturated rings. The molecule has 1 aromatic carbocycles. The second-order valence-corrected chi connectivity index (χ2v) is 4.15. The van der Waals surface area contributed by atoms with Gasteiger partial charge in [-0.15, -0.1) is 0 Å². The van der Waals surface area contributed by atoms with Gasteiger partial charge in [0.2, 0.25) is 0 Å². The van der Waals surface area contributed by atoms with Gasteiger partial charge in [0.1, 0.15) is 17.3 Å². The van der Waals surface area contributed by atoms with Gasteiger partial charge < -0.3 is 10.1 Å². The van der Waals surface area contributed by atoms with Crippen LogP contribution in [0, 0.1) is 13.8 Å². The highest BCUT2D eigenvalue weighted by Crippen LogP contribution is 2.25. The van der Waals surface area contributed by atoms with Gasteiger partial charge in [-0.3, -0.25) is 4.79 Å². The SMILES string of the molecule is COc1ccc(C)cc1NC(=O)c1ccnc(C)n1. The average molecular weight is 257 g/mol. The summed E-state index contributed by atoms with van der Waals surface area (Å²) in [6.45, 7) is 3.69. The van der Waals surface area contributed by atoms with Gasteiger partial charge in [-0.25, -0.2) is 9.97 Å². The van der Waals surface area contributed by atoms with Gasteiger partial charge >= 0.3 is 0 Å². The summed E-state index contributed by atoms with van der Waals surface area (Å²) in [7, 11) is 1.56. The van der Waals surface area contributed by atoms with E-state index in [2.05, 4.69) is 15.3 Å². The van der Waals surface area contributed by atoms with Crippen LogP contribution in [-0.2, 0) is 0 Å². The summed E-state index contributed by atoms with van der Waals surface area (Å²) in [5, 5.41) is 2.79. The number of ether oxygens (including phenoxy) is 1. The summed E-state index contributed by atoms with van der Waals surface area (Å²) in [6.07, 6.45) is 1.56. The number of aromatic nitrogens is 2. The van der Waals surface area contributed by atoms with Crippen LogP contribution < -0.4 is 10.1 Å². The van der Waals surface area contributed by atoms with Crippen molar-refractivity contribution in [2.45, 2.75) is 13.8 Å². The second kappa shape index (κ2) is 5.48. The first-order valence-electron chi connectivity index (χ1n) is 5.86. The molecule has 1 amide bonds. The van der Waals surface area contributed by atoms with Crippen molar-refractivity contribution in [2.24, 2.45) is 0 Å². The Labute approximate surface area is 111 Å². The number of nitrogens with zero attached hydrogens (tertiary/aromatic N) is 2. The average Bonchev–Trinajstić information content (AvgIpc) is 2.39. The van der Waals surface area contributed by atoms with Gasteiger partial charge in [-0.05, 0) is 37.6 Å². The van der Waals surface area contributed by atoms with Crippen molar-refractivity contribution in [3.63, 3.8) is 0 Å². The zero-order valence-electron chi connectivity index (χ0n) is 11.1. The van der Waals surface area contributed by atoms with Crippen LogP contribution in [0.5, 0.6) is 5.75 Å². The molecule has 0 aliphatic rings. The number of anilines is 1. The van der Waals surface area contributed by atoms with Crippen LogP contribution in [0.3, 0.4) is 0 Å². The zero-order chi connectivity index (χ0) is 13.8. The Hall–Kier alpha value is -2.43. The van der Waals surface area contributed by atoms with Crippen LogP contribution in [0.4, 0.5) is 5.69 Å². The van der Waals surface area contributed by atoms with Crippen molar-refractivity contribution in [3.8, 4) is 5.75 Å². The maximum Gasteiger partial charge on any atom is 0.274 e. The summed E-state index contributed by atoms with van der Waals surface area (Å²) in [4.78, 5) is 20.1. The molecule has 0 radical (unpaired) electrons. The lowest BCUT2D eigenvalue weighted by Crippen LogP contribution is -2.15. The molecule has 0 unspecified atom stereocenters. The minimum atomic E-state index is -0.283. The van der Waals surface area contributed by atoms with Crippen LogP contribution in [0.25, 0.3) is 0 Å². The highest BCUT2D eigenvalue weighted by molar-refractivity contribution is 6.03. The first-order chi connectivity index (χ1) is 9.10. The van der Waals surface area contributed by atoms with Crippen molar-refractivity contribution in [1.82, 2.24) is 9.97 Å². The van der Waals surface area contributed by atoms with E-state index in [-0.39, 0.29) is 5.91 Å². The van der Waals surface area contributed by atoms with Crippen LogP contribution in [0.2, 0.25) is 0 Å². The number of benzene rings is 1. The molecule has 0 aliphatic carbocycles. The van der Waals surface area contributed by atoms with E-state index in [0.29, 0.717) is 23.0 Å². The Morgan fingerprint density at radius 2 is 2.05 bits per heavy atom. The summed E-state index contributed by atoms with van der Waals surface area (Å²) < 4.78 is 5.21. The minimum Gasteiger partial charge on any atom is -0.495 e. The highest BCUT2D eigenvalue weighted by Gasteiger charge is 2.11. The van der Waals surface area contributed by atoms with Gasteiger partial charge in [0, 0.05) is 6.20 Å². The maximum absolute atomic E-state index is 12.1. The predicted octanol–water partition coefficient (Wildman–Crippen LogP) is 2.35. The van der Waals surface area contributed by atoms with Crippen molar-refractivity contribution in [2.75, 3.05) is 12.4 Å². The molecule has 1 aromatic heterocycles. The fraction of sp³-hybridized carbons (Fsp3) is 0.214. The van der Waals surface area contributed by atoms with Crippen LogP contribution in [0.1, 0.15) is 21.9 Å². The van der Waals surface area contributed by atoms with E-state index >= 15 is 0 Å². The number of carbonyl (C=O) groups excluding carboxylic acids is 1. The van der Waals surface area contributed by atoms with Gasteiger partial charge in [0.15, 0.2) is 0 Å². The third kappa shape index (κ3) is 3.07. The Morgan fingerprint density at radius 3 is 2.74 bits per heavy atom. The summed E-state index contributed by atoms with van der Waals surface area (Å²) >= 11 is 0. The first-order valence-corrected chi connectivity index (χ1v) is 5.86. The molecule has 1 N–H and O–H groups in total.